The number of nitrogens with one attached hydrogen (secondary N) is 1. The molecule has 110 valence electrons. The van der Waals surface area contributed by atoms with E-state index in [-0.39, 0.29) is 21.4 Å². The highest BCUT2D eigenvalue weighted by molar-refractivity contribution is 8.13. The number of anilines is 1. The van der Waals surface area contributed by atoms with Crippen LogP contribution in [0.5, 0.6) is 0 Å². The van der Waals surface area contributed by atoms with Gasteiger partial charge in [-0.05, 0) is 12.1 Å². The minimum absolute atomic E-state index is 0.0533. The average Bonchev–Trinajstić information content (AvgIpc) is 2.87. The lowest BCUT2D eigenvalue weighted by Crippen LogP contribution is -2.11. The van der Waals surface area contributed by atoms with Crippen LogP contribution in [0.4, 0.5) is 10.8 Å². The SMILES string of the molecule is O=C(Nc1nc(S(=O)(=O)Cl)cs1)c1ccc([N+](=O)[O-])cc1. The van der Waals surface area contributed by atoms with Gasteiger partial charge in [-0.25, -0.2) is 13.4 Å². The molecule has 0 fully saturated rings. The lowest BCUT2D eigenvalue weighted by atomic mass is 10.2. The Kier molecular flexibility index (Phi) is 4.21. The van der Waals surface area contributed by atoms with Gasteiger partial charge in [0.15, 0.2) is 10.2 Å². The number of hydrogen-bond acceptors (Lipinski definition) is 7. The van der Waals surface area contributed by atoms with E-state index in [9.17, 15) is 23.3 Å². The van der Waals surface area contributed by atoms with Crippen molar-refractivity contribution in [1.29, 1.82) is 0 Å². The summed E-state index contributed by atoms with van der Waals surface area (Å²) < 4.78 is 22.1. The van der Waals surface area contributed by atoms with Crippen molar-refractivity contribution in [3.63, 3.8) is 0 Å². The number of nitrogens with zero attached hydrogens (tertiary/aromatic N) is 2. The van der Waals surface area contributed by atoms with Crippen molar-refractivity contribution in [3.8, 4) is 0 Å². The molecule has 21 heavy (non-hydrogen) atoms. The average molecular weight is 348 g/mol. The van der Waals surface area contributed by atoms with Crippen molar-refractivity contribution in [1.82, 2.24) is 4.98 Å². The summed E-state index contributed by atoms with van der Waals surface area (Å²) in [5.41, 5.74) is 0.0300. The number of benzene rings is 1. The Balaban J connectivity index is 2.14. The molecular weight excluding hydrogens is 342 g/mol. The molecule has 1 heterocycles. The number of nitro benzene ring substituents is 1. The Morgan fingerprint density at radius 2 is 1.95 bits per heavy atom. The van der Waals surface area contributed by atoms with Crippen molar-refractivity contribution in [2.24, 2.45) is 0 Å². The number of non-ortho nitro benzene ring substituents is 1. The van der Waals surface area contributed by atoms with Crippen molar-refractivity contribution in [3.05, 3.63) is 45.3 Å². The van der Waals surface area contributed by atoms with Gasteiger partial charge < -0.3 is 0 Å². The van der Waals surface area contributed by atoms with Crippen LogP contribution in [0.1, 0.15) is 10.4 Å². The zero-order chi connectivity index (χ0) is 15.6. The molecule has 2 aromatic rings. The smallest absolute Gasteiger partial charge is 0.279 e. The first-order valence-electron chi connectivity index (χ1n) is 5.23. The van der Waals surface area contributed by atoms with Gasteiger partial charge in [-0.15, -0.1) is 11.3 Å². The summed E-state index contributed by atoms with van der Waals surface area (Å²) in [6.45, 7) is 0. The standard InChI is InChI=1S/C10H6ClN3O5S2/c11-21(18,19)8-5-20-10(12-8)13-9(15)6-1-3-7(4-2-6)14(16)17/h1-5H,(H,12,13,15). The number of rotatable bonds is 4. The summed E-state index contributed by atoms with van der Waals surface area (Å²) in [5, 5.41) is 13.8. The summed E-state index contributed by atoms with van der Waals surface area (Å²) in [6, 6.07) is 4.93. The Hall–Kier alpha value is -2.04. The van der Waals surface area contributed by atoms with Gasteiger partial charge >= 0.3 is 0 Å². The Morgan fingerprint density at radius 3 is 2.43 bits per heavy atom. The molecule has 0 bridgehead atoms. The maximum Gasteiger partial charge on any atom is 0.279 e. The molecule has 1 aromatic heterocycles. The van der Waals surface area contributed by atoms with E-state index < -0.39 is 19.9 Å². The monoisotopic (exact) mass is 347 g/mol. The predicted molar refractivity (Wildman–Crippen MR) is 76.2 cm³/mol. The number of carbonyl (C=O) groups is 1. The van der Waals surface area contributed by atoms with E-state index in [1.54, 1.807) is 0 Å². The second kappa shape index (κ2) is 5.76. The van der Waals surface area contributed by atoms with Gasteiger partial charge in [0.05, 0.1) is 4.92 Å². The van der Waals surface area contributed by atoms with Gasteiger partial charge in [-0.1, -0.05) is 0 Å². The Morgan fingerprint density at radius 1 is 1.33 bits per heavy atom. The van der Waals surface area contributed by atoms with E-state index in [0.717, 1.165) is 11.3 Å². The molecule has 1 N–H and O–H groups in total. The van der Waals surface area contributed by atoms with Crippen LogP contribution in [0.3, 0.4) is 0 Å². The van der Waals surface area contributed by atoms with Crippen LogP contribution in [-0.4, -0.2) is 24.2 Å². The fourth-order valence-electron chi connectivity index (χ4n) is 1.33. The fraction of sp³-hybridized carbons (Fsp3) is 0. The Bertz CT molecular complexity index is 800. The molecule has 0 aliphatic carbocycles. The summed E-state index contributed by atoms with van der Waals surface area (Å²) in [6.07, 6.45) is 0. The molecule has 1 amide bonds. The number of carbonyl (C=O) groups excluding carboxylic acids is 1. The lowest BCUT2D eigenvalue weighted by Gasteiger charge is -2.01. The molecule has 0 saturated heterocycles. The van der Waals surface area contributed by atoms with Crippen LogP contribution in [-0.2, 0) is 9.05 Å². The minimum Gasteiger partial charge on any atom is -0.298 e. The van der Waals surface area contributed by atoms with E-state index in [4.69, 9.17) is 10.7 Å². The zero-order valence-corrected chi connectivity index (χ0v) is 12.4. The maximum atomic E-state index is 11.9. The van der Waals surface area contributed by atoms with Crippen LogP contribution < -0.4 is 5.32 Å². The topological polar surface area (TPSA) is 119 Å². The Labute approximate surface area is 127 Å². The number of aromatic nitrogens is 1. The van der Waals surface area contributed by atoms with Crippen LogP contribution >= 0.6 is 22.0 Å². The first-order valence-corrected chi connectivity index (χ1v) is 8.42. The molecule has 0 spiro atoms. The third-order valence-electron chi connectivity index (χ3n) is 2.29. The number of hydrogen-bond donors (Lipinski definition) is 1. The molecular formula is C10H6ClN3O5S2. The molecule has 1 aromatic carbocycles. The van der Waals surface area contributed by atoms with Crippen LogP contribution in [0.15, 0.2) is 34.7 Å². The number of nitro groups is 1. The van der Waals surface area contributed by atoms with Crippen LogP contribution in [0.25, 0.3) is 0 Å². The van der Waals surface area contributed by atoms with Gasteiger partial charge in [-0.3, -0.25) is 20.2 Å². The van der Waals surface area contributed by atoms with Crippen molar-refractivity contribution in [2.45, 2.75) is 5.03 Å². The number of halogens is 1. The second-order valence-corrected chi connectivity index (χ2v) is 7.06. The van der Waals surface area contributed by atoms with Crippen LogP contribution in [0.2, 0.25) is 0 Å². The van der Waals surface area contributed by atoms with Gasteiger partial charge in [0.2, 0.25) is 0 Å². The maximum absolute atomic E-state index is 11.9. The quantitative estimate of drug-likeness (QED) is 0.514. The highest BCUT2D eigenvalue weighted by Crippen LogP contribution is 2.22. The molecule has 8 nitrogen and oxygen atoms in total. The van der Waals surface area contributed by atoms with E-state index in [1.807, 2.05) is 0 Å². The molecule has 0 atom stereocenters. The third-order valence-corrected chi connectivity index (χ3v) is 4.38. The molecule has 0 radical (unpaired) electrons. The number of amides is 1. The van der Waals surface area contributed by atoms with E-state index >= 15 is 0 Å². The molecule has 11 heteroatoms. The first kappa shape index (κ1) is 15.4. The van der Waals surface area contributed by atoms with Crippen molar-refractivity contribution < 1.29 is 18.1 Å². The lowest BCUT2D eigenvalue weighted by molar-refractivity contribution is -0.384. The van der Waals surface area contributed by atoms with E-state index in [0.29, 0.717) is 0 Å². The molecule has 0 aliphatic rings. The normalized spacial score (nSPS) is 11.1. The van der Waals surface area contributed by atoms with Crippen molar-refractivity contribution >= 4 is 47.8 Å². The van der Waals surface area contributed by atoms with E-state index in [1.165, 1.54) is 29.6 Å². The predicted octanol–water partition coefficient (Wildman–Crippen LogP) is 2.23. The molecule has 0 saturated carbocycles. The molecule has 0 unspecified atom stereocenters. The summed E-state index contributed by atoms with van der Waals surface area (Å²) in [7, 11) is 1.16. The summed E-state index contributed by atoms with van der Waals surface area (Å²) in [5.74, 6) is -0.572. The van der Waals surface area contributed by atoms with Gasteiger partial charge in [-0.2, -0.15) is 0 Å². The van der Waals surface area contributed by atoms with Gasteiger partial charge in [0, 0.05) is 33.8 Å². The summed E-state index contributed by atoms with van der Waals surface area (Å²) >= 11 is 0.893. The highest BCUT2D eigenvalue weighted by Gasteiger charge is 2.16. The second-order valence-electron chi connectivity index (χ2n) is 3.69. The summed E-state index contributed by atoms with van der Waals surface area (Å²) in [4.78, 5) is 25.4. The van der Waals surface area contributed by atoms with E-state index in [2.05, 4.69) is 10.3 Å². The van der Waals surface area contributed by atoms with Crippen LogP contribution in [0, 0.1) is 10.1 Å². The molecule has 0 aliphatic heterocycles. The minimum atomic E-state index is -3.95. The first-order chi connectivity index (χ1) is 9.77. The fourth-order valence-corrected chi connectivity index (χ4v) is 3.19. The highest BCUT2D eigenvalue weighted by atomic mass is 35.7. The molecule has 2 rings (SSSR count). The van der Waals surface area contributed by atoms with Crippen molar-refractivity contribution in [2.75, 3.05) is 5.32 Å². The van der Waals surface area contributed by atoms with Gasteiger partial charge in [0.1, 0.15) is 0 Å². The zero-order valence-electron chi connectivity index (χ0n) is 10.0. The largest absolute Gasteiger partial charge is 0.298 e. The number of thiazole rings is 1. The third kappa shape index (κ3) is 3.74. The van der Waals surface area contributed by atoms with Gasteiger partial charge in [0.25, 0.3) is 20.6 Å².